The molecule has 11 nitrogen and oxygen atoms in total. The van der Waals surface area contributed by atoms with Gasteiger partial charge in [-0.3, -0.25) is 9.13 Å². The van der Waals surface area contributed by atoms with Gasteiger partial charge in [-0.15, -0.1) is 15.0 Å². The van der Waals surface area contributed by atoms with E-state index in [-0.39, 0.29) is 12.1 Å². The first-order chi connectivity index (χ1) is 16.9. The highest BCUT2D eigenvalue weighted by Crippen LogP contribution is 2.36. The maximum Gasteiger partial charge on any atom is 0.333 e. The molecule has 0 radical (unpaired) electrons. The third-order valence-corrected chi connectivity index (χ3v) is 5.89. The number of imidazole rings is 1. The van der Waals surface area contributed by atoms with Crippen LogP contribution < -0.4 is 5.69 Å². The van der Waals surface area contributed by atoms with Gasteiger partial charge in [0.25, 0.3) is 0 Å². The molecule has 3 heterocycles. The van der Waals surface area contributed by atoms with Crippen LogP contribution in [-0.2, 0) is 12.1 Å². The molecule has 0 aliphatic carbocycles. The smallest absolute Gasteiger partial charge is 0.333 e. The Bertz CT molecular complexity index is 1490. The molecular weight excluding hydrogens is 460 g/mol. The van der Waals surface area contributed by atoms with Crippen LogP contribution in [0.4, 0.5) is 8.78 Å². The van der Waals surface area contributed by atoms with Crippen LogP contribution in [0.15, 0.2) is 78.6 Å². The molecule has 0 aliphatic heterocycles. The largest absolute Gasteiger partial charge is 0.381 e. The Labute approximate surface area is 196 Å². The molecule has 13 heteroatoms. The van der Waals surface area contributed by atoms with Crippen molar-refractivity contribution in [2.75, 3.05) is 0 Å². The summed E-state index contributed by atoms with van der Waals surface area (Å²) in [5.41, 5.74) is -1.40. The molecule has 3 aromatic heterocycles. The van der Waals surface area contributed by atoms with Crippen LogP contribution in [0.3, 0.4) is 0 Å². The van der Waals surface area contributed by atoms with Crippen molar-refractivity contribution in [1.29, 1.82) is 0 Å². The molecule has 178 valence electrons. The van der Waals surface area contributed by atoms with Crippen molar-refractivity contribution in [2.45, 2.75) is 25.1 Å². The Morgan fingerprint density at radius 3 is 2.46 bits per heavy atom. The third kappa shape index (κ3) is 4.01. The minimum absolute atomic E-state index is 0.175. The Morgan fingerprint density at radius 1 is 1.03 bits per heavy atom. The van der Waals surface area contributed by atoms with Gasteiger partial charge in [0, 0.05) is 24.0 Å². The summed E-state index contributed by atoms with van der Waals surface area (Å²) >= 11 is 0. The Kier molecular flexibility index (Phi) is 5.53. The summed E-state index contributed by atoms with van der Waals surface area (Å²) in [7, 11) is 0. The molecule has 0 saturated carbocycles. The quantitative estimate of drug-likeness (QED) is 0.377. The molecular formula is C22H19F2N9O2. The average molecular weight is 479 g/mol. The van der Waals surface area contributed by atoms with Crippen molar-refractivity contribution < 1.29 is 13.9 Å². The van der Waals surface area contributed by atoms with Crippen LogP contribution in [0.5, 0.6) is 0 Å². The number of tetrazole rings is 1. The number of halogens is 2. The van der Waals surface area contributed by atoms with Crippen LogP contribution in [0.1, 0.15) is 18.5 Å². The van der Waals surface area contributed by atoms with Crippen molar-refractivity contribution >= 4 is 0 Å². The third-order valence-electron chi connectivity index (χ3n) is 5.89. The molecule has 0 bridgehead atoms. The molecule has 5 rings (SSSR count). The number of hydrogen-bond donors (Lipinski definition) is 1. The predicted molar refractivity (Wildman–Crippen MR) is 118 cm³/mol. The summed E-state index contributed by atoms with van der Waals surface area (Å²) in [6, 6.07) is 8.78. The van der Waals surface area contributed by atoms with Gasteiger partial charge in [-0.2, -0.15) is 5.10 Å². The number of nitrogens with zero attached hydrogens (tertiary/aromatic N) is 9. The van der Waals surface area contributed by atoms with Gasteiger partial charge in [-0.1, -0.05) is 6.07 Å². The second kappa shape index (κ2) is 8.68. The van der Waals surface area contributed by atoms with Crippen LogP contribution in [-0.4, -0.2) is 49.2 Å². The summed E-state index contributed by atoms with van der Waals surface area (Å²) in [6.45, 7) is 1.35. The Morgan fingerprint density at radius 2 is 1.80 bits per heavy atom. The fraction of sp³-hybridized carbons (Fsp3) is 0.182. The number of hydrogen-bond acceptors (Lipinski definition) is 7. The first-order valence-corrected chi connectivity index (χ1v) is 10.5. The van der Waals surface area contributed by atoms with Crippen molar-refractivity contribution in [1.82, 2.24) is 44.1 Å². The predicted octanol–water partition coefficient (Wildman–Crippen LogP) is 1.63. The van der Waals surface area contributed by atoms with Crippen molar-refractivity contribution in [3.8, 4) is 11.4 Å². The normalized spacial score (nSPS) is 14.1. The summed E-state index contributed by atoms with van der Waals surface area (Å²) in [5, 5.41) is 27.2. The lowest BCUT2D eigenvalue weighted by Gasteiger charge is -2.35. The van der Waals surface area contributed by atoms with Gasteiger partial charge in [-0.05, 0) is 42.5 Å². The number of aromatic nitrogens is 9. The van der Waals surface area contributed by atoms with Gasteiger partial charge in [0.1, 0.15) is 29.9 Å². The Balaban J connectivity index is 1.53. The molecule has 0 fully saturated rings. The number of aliphatic hydroxyl groups is 1. The lowest BCUT2D eigenvalue weighted by Crippen LogP contribution is -2.43. The molecule has 0 aliphatic rings. The fourth-order valence-corrected chi connectivity index (χ4v) is 3.99. The molecule has 5 aromatic rings. The molecule has 1 N–H and O–H groups in total. The fourth-order valence-electron chi connectivity index (χ4n) is 3.99. The van der Waals surface area contributed by atoms with Gasteiger partial charge in [0.15, 0.2) is 6.33 Å². The maximum atomic E-state index is 14.8. The molecule has 2 unspecified atom stereocenters. The zero-order valence-corrected chi connectivity index (χ0v) is 18.3. The summed E-state index contributed by atoms with van der Waals surface area (Å²) in [5.74, 6) is -1.72. The van der Waals surface area contributed by atoms with Gasteiger partial charge in [0.05, 0.1) is 24.0 Å². The maximum absolute atomic E-state index is 14.8. The SMILES string of the molecule is CC(n1ccn(-c2ccc(-n3ncnn3)cc2)c1=O)C(O)(Cn1cncn1)c1ccc(F)cc1F. The highest BCUT2D eigenvalue weighted by Gasteiger charge is 2.41. The average Bonchev–Trinajstić information content (AvgIpc) is 3.61. The van der Waals surface area contributed by atoms with Crippen LogP contribution in [0.25, 0.3) is 11.4 Å². The van der Waals surface area contributed by atoms with Gasteiger partial charge in [-0.25, -0.2) is 23.2 Å². The molecule has 35 heavy (non-hydrogen) atoms. The Hall–Kier alpha value is -4.52. The van der Waals surface area contributed by atoms with Crippen molar-refractivity contribution in [3.63, 3.8) is 0 Å². The van der Waals surface area contributed by atoms with Crippen LogP contribution >= 0.6 is 0 Å². The van der Waals surface area contributed by atoms with E-state index in [9.17, 15) is 18.7 Å². The number of rotatable bonds is 7. The molecule has 0 saturated heterocycles. The van der Waals surface area contributed by atoms with E-state index in [1.165, 1.54) is 43.8 Å². The van der Waals surface area contributed by atoms with E-state index in [2.05, 4.69) is 25.5 Å². The van der Waals surface area contributed by atoms with Crippen molar-refractivity contribution in [2.24, 2.45) is 0 Å². The minimum atomic E-state index is -1.97. The number of benzene rings is 2. The van der Waals surface area contributed by atoms with Gasteiger partial charge in [0.2, 0.25) is 0 Å². The standard InChI is InChI=1S/C22H19F2N9O2/c1-15(22(35,11-30-14-25-12-27-30)19-7-2-16(23)10-20(19)24)31-8-9-32(21(31)34)17-3-5-18(6-4-17)33-28-13-26-29-33/h2-10,12-15,35H,11H2,1H3. The molecule has 2 aromatic carbocycles. The molecule has 0 spiro atoms. The lowest BCUT2D eigenvalue weighted by molar-refractivity contribution is -0.0342. The molecule has 2 atom stereocenters. The van der Waals surface area contributed by atoms with Crippen LogP contribution in [0, 0.1) is 11.6 Å². The highest BCUT2D eigenvalue weighted by atomic mass is 19.1. The highest BCUT2D eigenvalue weighted by molar-refractivity contribution is 5.40. The van der Waals surface area contributed by atoms with E-state index in [0.717, 1.165) is 12.1 Å². The van der Waals surface area contributed by atoms with E-state index in [4.69, 9.17) is 0 Å². The minimum Gasteiger partial charge on any atom is -0.381 e. The van der Waals surface area contributed by atoms with Crippen molar-refractivity contribution in [3.05, 3.63) is 102 Å². The second-order valence-electron chi connectivity index (χ2n) is 7.92. The van der Waals surface area contributed by atoms with E-state index in [1.54, 1.807) is 37.4 Å². The van der Waals surface area contributed by atoms with Gasteiger partial charge >= 0.3 is 5.69 Å². The molecule has 0 amide bonds. The van der Waals surface area contributed by atoms with Crippen LogP contribution in [0.2, 0.25) is 0 Å². The zero-order valence-electron chi connectivity index (χ0n) is 18.3. The second-order valence-corrected chi connectivity index (χ2v) is 7.92. The van der Waals surface area contributed by atoms with E-state index in [1.807, 2.05) is 0 Å². The van der Waals surface area contributed by atoms with Gasteiger partial charge < -0.3 is 5.11 Å². The first-order valence-electron chi connectivity index (χ1n) is 10.5. The zero-order chi connectivity index (χ0) is 24.6. The summed E-state index contributed by atoms with van der Waals surface area (Å²) < 4.78 is 32.4. The van der Waals surface area contributed by atoms with E-state index in [0.29, 0.717) is 17.4 Å². The summed E-state index contributed by atoms with van der Waals surface area (Å²) in [6.07, 6.45) is 6.97. The van der Waals surface area contributed by atoms with E-state index < -0.39 is 29.0 Å². The lowest BCUT2D eigenvalue weighted by atomic mass is 9.86. The first kappa shape index (κ1) is 22.3. The monoisotopic (exact) mass is 479 g/mol. The topological polar surface area (TPSA) is 121 Å². The van der Waals surface area contributed by atoms with E-state index >= 15 is 0 Å². The summed E-state index contributed by atoms with van der Waals surface area (Å²) in [4.78, 5) is 18.5.